The summed E-state index contributed by atoms with van der Waals surface area (Å²) in [5.41, 5.74) is 1.26. The number of methoxy groups -OCH3 is 1. The van der Waals surface area contributed by atoms with E-state index in [1.165, 1.54) is 0 Å². The molecular formula is C20H27N3O4. The first-order chi connectivity index (χ1) is 13.3. The Balaban J connectivity index is 1.44. The van der Waals surface area contributed by atoms with Gasteiger partial charge in [0, 0.05) is 38.5 Å². The van der Waals surface area contributed by atoms with Gasteiger partial charge in [0.1, 0.15) is 0 Å². The van der Waals surface area contributed by atoms with E-state index in [-0.39, 0.29) is 11.9 Å². The first-order valence-corrected chi connectivity index (χ1v) is 9.76. The fraction of sp³-hybridized carbons (Fsp3) is 0.600. The molecule has 1 aromatic carbocycles. The number of rotatable bonds is 6. The van der Waals surface area contributed by atoms with Crippen LogP contribution >= 0.6 is 0 Å². The van der Waals surface area contributed by atoms with E-state index in [1.807, 2.05) is 17.2 Å². The van der Waals surface area contributed by atoms with Gasteiger partial charge in [0.25, 0.3) is 5.91 Å². The molecule has 27 heavy (non-hydrogen) atoms. The van der Waals surface area contributed by atoms with Crippen molar-refractivity contribution in [1.29, 1.82) is 0 Å². The van der Waals surface area contributed by atoms with Crippen LogP contribution in [0.4, 0.5) is 5.69 Å². The molecule has 0 unspecified atom stereocenters. The van der Waals surface area contributed by atoms with Crippen LogP contribution in [0.5, 0.6) is 11.5 Å². The zero-order chi connectivity index (χ0) is 18.6. The zero-order valence-electron chi connectivity index (χ0n) is 15.9. The molecule has 1 atom stereocenters. The van der Waals surface area contributed by atoms with E-state index >= 15 is 0 Å². The molecule has 0 N–H and O–H groups in total. The standard InChI is InChI=1S/C20H27N3O4/c1-25-18-12-16-17(21-14-15-4-2-6-23(15)20(16)24)13-19(18)27-9-3-5-22-7-10-26-11-8-22/h12-15H,2-11H2,1H3/t15-/m0/s1. The highest BCUT2D eigenvalue weighted by Crippen LogP contribution is 2.38. The van der Waals surface area contributed by atoms with Gasteiger partial charge in [-0.3, -0.25) is 14.7 Å². The summed E-state index contributed by atoms with van der Waals surface area (Å²) in [5.74, 6) is 1.26. The first-order valence-electron chi connectivity index (χ1n) is 9.76. The molecule has 7 nitrogen and oxygen atoms in total. The second-order valence-corrected chi connectivity index (χ2v) is 7.16. The quantitative estimate of drug-likeness (QED) is 0.715. The molecule has 3 heterocycles. The normalized spacial score (nSPS) is 22.3. The highest BCUT2D eigenvalue weighted by atomic mass is 16.5. The SMILES string of the molecule is COc1cc2c(cc1OCCCN1CCOCC1)N=C[C@@H]1CCCN1C2=O. The van der Waals surface area contributed by atoms with Crippen molar-refractivity contribution in [3.8, 4) is 11.5 Å². The number of benzene rings is 1. The molecule has 2 saturated heterocycles. The molecule has 3 aliphatic rings. The van der Waals surface area contributed by atoms with E-state index in [9.17, 15) is 4.79 Å². The molecule has 1 amide bonds. The van der Waals surface area contributed by atoms with Gasteiger partial charge < -0.3 is 19.1 Å². The number of hydrogen-bond acceptors (Lipinski definition) is 6. The molecule has 3 aliphatic heterocycles. The van der Waals surface area contributed by atoms with E-state index in [0.717, 1.165) is 58.7 Å². The molecule has 1 aromatic rings. The number of morpholine rings is 1. The van der Waals surface area contributed by atoms with Crippen molar-refractivity contribution in [2.45, 2.75) is 25.3 Å². The molecular weight excluding hydrogens is 346 g/mol. The van der Waals surface area contributed by atoms with Crippen molar-refractivity contribution >= 4 is 17.8 Å². The van der Waals surface area contributed by atoms with Crippen LogP contribution in [-0.4, -0.2) is 81.1 Å². The summed E-state index contributed by atoms with van der Waals surface area (Å²) in [6.07, 6.45) is 4.83. The predicted octanol–water partition coefficient (Wildman–Crippen LogP) is 2.12. The number of hydrogen-bond donors (Lipinski definition) is 0. The molecule has 0 spiro atoms. The number of carbonyl (C=O) groups excluding carboxylic acids is 1. The van der Waals surface area contributed by atoms with E-state index in [0.29, 0.717) is 29.4 Å². The van der Waals surface area contributed by atoms with Gasteiger partial charge in [-0.15, -0.1) is 0 Å². The van der Waals surface area contributed by atoms with Gasteiger partial charge in [-0.05, 0) is 25.3 Å². The minimum atomic E-state index is 0.0298. The lowest BCUT2D eigenvalue weighted by atomic mass is 10.1. The van der Waals surface area contributed by atoms with Gasteiger partial charge >= 0.3 is 0 Å². The Kier molecular flexibility index (Phi) is 5.59. The van der Waals surface area contributed by atoms with Crippen LogP contribution in [0.15, 0.2) is 17.1 Å². The largest absolute Gasteiger partial charge is 0.493 e. The van der Waals surface area contributed by atoms with Crippen LogP contribution < -0.4 is 9.47 Å². The lowest BCUT2D eigenvalue weighted by Crippen LogP contribution is -2.37. The average Bonchev–Trinajstić information content (AvgIpc) is 3.14. The smallest absolute Gasteiger partial charge is 0.256 e. The second-order valence-electron chi connectivity index (χ2n) is 7.16. The van der Waals surface area contributed by atoms with E-state index in [2.05, 4.69) is 9.89 Å². The third-order valence-electron chi connectivity index (χ3n) is 5.44. The van der Waals surface area contributed by atoms with Crippen molar-refractivity contribution in [2.75, 3.05) is 53.1 Å². The fourth-order valence-electron chi connectivity index (χ4n) is 3.92. The molecule has 0 aromatic heterocycles. The summed E-state index contributed by atoms with van der Waals surface area (Å²) >= 11 is 0. The van der Waals surface area contributed by atoms with Crippen LogP contribution in [0.1, 0.15) is 29.6 Å². The maximum atomic E-state index is 12.9. The summed E-state index contributed by atoms with van der Waals surface area (Å²) in [5, 5.41) is 0. The summed E-state index contributed by atoms with van der Waals surface area (Å²) in [7, 11) is 1.60. The Morgan fingerprint density at radius 1 is 1.22 bits per heavy atom. The molecule has 146 valence electrons. The first kappa shape index (κ1) is 18.3. The Hall–Kier alpha value is -2.12. The van der Waals surface area contributed by atoms with Crippen LogP contribution in [0.2, 0.25) is 0 Å². The Morgan fingerprint density at radius 2 is 2.07 bits per heavy atom. The average molecular weight is 373 g/mol. The molecule has 2 fully saturated rings. The van der Waals surface area contributed by atoms with Crippen LogP contribution in [0, 0.1) is 0 Å². The number of aliphatic imine (C=N–C) groups is 1. The maximum Gasteiger partial charge on any atom is 0.256 e. The lowest BCUT2D eigenvalue weighted by Gasteiger charge is -2.26. The summed E-state index contributed by atoms with van der Waals surface area (Å²) < 4.78 is 16.8. The van der Waals surface area contributed by atoms with Gasteiger partial charge in [-0.2, -0.15) is 0 Å². The second kappa shape index (κ2) is 8.27. The predicted molar refractivity (Wildman–Crippen MR) is 103 cm³/mol. The van der Waals surface area contributed by atoms with E-state index in [1.54, 1.807) is 13.2 Å². The van der Waals surface area contributed by atoms with Crippen molar-refractivity contribution in [2.24, 2.45) is 4.99 Å². The van der Waals surface area contributed by atoms with Crippen molar-refractivity contribution < 1.29 is 19.0 Å². The highest BCUT2D eigenvalue weighted by molar-refractivity contribution is 6.03. The van der Waals surface area contributed by atoms with E-state index in [4.69, 9.17) is 14.2 Å². The Labute approximate surface area is 159 Å². The number of ether oxygens (including phenoxy) is 3. The zero-order valence-corrected chi connectivity index (χ0v) is 15.9. The number of fused-ring (bicyclic) bond motifs is 2. The minimum absolute atomic E-state index is 0.0298. The van der Waals surface area contributed by atoms with Crippen molar-refractivity contribution in [3.63, 3.8) is 0 Å². The van der Waals surface area contributed by atoms with Crippen molar-refractivity contribution in [3.05, 3.63) is 17.7 Å². The summed E-state index contributed by atoms with van der Waals surface area (Å²) in [6.45, 7) is 5.96. The van der Waals surface area contributed by atoms with E-state index < -0.39 is 0 Å². The summed E-state index contributed by atoms with van der Waals surface area (Å²) in [6, 6.07) is 3.71. The molecule has 0 saturated carbocycles. The van der Waals surface area contributed by atoms with Crippen LogP contribution in [-0.2, 0) is 4.74 Å². The summed E-state index contributed by atoms with van der Waals surface area (Å²) in [4.78, 5) is 21.7. The highest BCUT2D eigenvalue weighted by Gasteiger charge is 2.32. The van der Waals surface area contributed by atoms with Crippen LogP contribution in [0.3, 0.4) is 0 Å². The molecule has 0 aliphatic carbocycles. The Bertz CT molecular complexity index is 715. The van der Waals surface area contributed by atoms with Gasteiger partial charge in [0.05, 0.1) is 44.2 Å². The Morgan fingerprint density at radius 3 is 2.89 bits per heavy atom. The number of amides is 1. The monoisotopic (exact) mass is 373 g/mol. The maximum absolute atomic E-state index is 12.9. The van der Waals surface area contributed by atoms with Gasteiger partial charge in [0.2, 0.25) is 0 Å². The topological polar surface area (TPSA) is 63.6 Å². The van der Waals surface area contributed by atoms with Crippen molar-refractivity contribution in [1.82, 2.24) is 9.80 Å². The third kappa shape index (κ3) is 3.94. The fourth-order valence-corrected chi connectivity index (χ4v) is 3.92. The molecule has 0 bridgehead atoms. The van der Waals surface area contributed by atoms with Crippen LogP contribution in [0.25, 0.3) is 0 Å². The third-order valence-corrected chi connectivity index (χ3v) is 5.44. The number of nitrogens with zero attached hydrogens (tertiary/aromatic N) is 3. The van der Waals surface area contributed by atoms with Gasteiger partial charge in [-0.25, -0.2) is 0 Å². The molecule has 4 rings (SSSR count). The lowest BCUT2D eigenvalue weighted by molar-refractivity contribution is 0.0357. The van der Waals surface area contributed by atoms with Gasteiger partial charge in [-0.1, -0.05) is 0 Å². The molecule has 7 heteroatoms. The number of carbonyl (C=O) groups is 1. The minimum Gasteiger partial charge on any atom is -0.493 e. The van der Waals surface area contributed by atoms with Gasteiger partial charge in [0.15, 0.2) is 11.5 Å². The molecule has 0 radical (unpaired) electrons.